The summed E-state index contributed by atoms with van der Waals surface area (Å²) in [6, 6.07) is 24.0. The molecule has 0 spiro atoms. The largest absolute Gasteiger partial charge is 0.481 e. The van der Waals surface area contributed by atoms with Crippen molar-refractivity contribution in [2.24, 2.45) is 0 Å². The van der Waals surface area contributed by atoms with E-state index in [-0.39, 0.29) is 11.8 Å². The van der Waals surface area contributed by atoms with Gasteiger partial charge in [-0.2, -0.15) is 0 Å². The molecule has 3 aromatic carbocycles. The van der Waals surface area contributed by atoms with Gasteiger partial charge in [-0.05, 0) is 74.9 Å². The Morgan fingerprint density at radius 1 is 0.967 bits per heavy atom. The molecule has 0 aliphatic rings. The SMILES string of the molecule is CCN(C(=O)c1ccc(NC(=O)C(C)Oc2cccc(C)c2)cc1)c1ccccc1. The summed E-state index contributed by atoms with van der Waals surface area (Å²) in [7, 11) is 0. The number of benzene rings is 3. The second-order valence-corrected chi connectivity index (χ2v) is 7.03. The highest BCUT2D eigenvalue weighted by molar-refractivity contribution is 6.06. The van der Waals surface area contributed by atoms with Gasteiger partial charge >= 0.3 is 0 Å². The van der Waals surface area contributed by atoms with Crippen molar-refractivity contribution in [2.45, 2.75) is 26.9 Å². The number of aryl methyl sites for hydroxylation is 1. The Morgan fingerprint density at radius 2 is 1.67 bits per heavy atom. The molecule has 2 amide bonds. The second kappa shape index (κ2) is 9.74. The molecule has 1 atom stereocenters. The molecule has 1 unspecified atom stereocenters. The second-order valence-electron chi connectivity index (χ2n) is 7.03. The Labute approximate surface area is 177 Å². The number of rotatable bonds is 7. The first-order valence-corrected chi connectivity index (χ1v) is 9.99. The number of para-hydroxylation sites is 1. The quantitative estimate of drug-likeness (QED) is 0.600. The lowest BCUT2D eigenvalue weighted by molar-refractivity contribution is -0.122. The number of nitrogens with zero attached hydrogens (tertiary/aromatic N) is 1. The van der Waals surface area contributed by atoms with Gasteiger partial charge in [0, 0.05) is 23.5 Å². The van der Waals surface area contributed by atoms with E-state index in [0.717, 1.165) is 11.3 Å². The van der Waals surface area contributed by atoms with E-state index in [1.165, 1.54) is 0 Å². The molecule has 0 aliphatic carbocycles. The topological polar surface area (TPSA) is 58.6 Å². The van der Waals surface area contributed by atoms with Crippen LogP contribution in [-0.4, -0.2) is 24.5 Å². The van der Waals surface area contributed by atoms with Crippen LogP contribution in [0.15, 0.2) is 78.9 Å². The van der Waals surface area contributed by atoms with Crippen molar-refractivity contribution in [3.8, 4) is 5.75 Å². The molecular weight excluding hydrogens is 376 g/mol. The molecule has 1 N–H and O–H groups in total. The lowest BCUT2D eigenvalue weighted by Gasteiger charge is -2.21. The lowest BCUT2D eigenvalue weighted by atomic mass is 10.1. The Hall–Kier alpha value is -3.60. The Morgan fingerprint density at radius 3 is 2.30 bits per heavy atom. The maximum atomic E-state index is 12.9. The Bertz CT molecular complexity index is 1000. The first-order chi connectivity index (χ1) is 14.5. The molecule has 3 aromatic rings. The molecule has 0 fully saturated rings. The third kappa shape index (κ3) is 5.26. The molecule has 0 radical (unpaired) electrons. The smallest absolute Gasteiger partial charge is 0.265 e. The van der Waals surface area contributed by atoms with Gasteiger partial charge < -0.3 is 15.0 Å². The standard InChI is InChI=1S/C25H26N2O3/c1-4-27(22-10-6-5-7-11-22)25(29)20-13-15-21(16-14-20)26-24(28)19(3)30-23-12-8-9-18(2)17-23/h5-17,19H,4H2,1-3H3,(H,26,28). The first kappa shape index (κ1) is 21.1. The molecule has 0 saturated heterocycles. The van der Waals surface area contributed by atoms with Crippen molar-refractivity contribution < 1.29 is 14.3 Å². The number of carbonyl (C=O) groups excluding carboxylic acids is 2. The third-order valence-corrected chi connectivity index (χ3v) is 4.70. The van der Waals surface area contributed by atoms with Crippen LogP contribution in [0.1, 0.15) is 29.8 Å². The highest BCUT2D eigenvalue weighted by atomic mass is 16.5. The molecule has 3 rings (SSSR count). The van der Waals surface area contributed by atoms with Crippen molar-refractivity contribution in [3.05, 3.63) is 90.0 Å². The number of hydrogen-bond donors (Lipinski definition) is 1. The van der Waals surface area contributed by atoms with Gasteiger partial charge in [0.15, 0.2) is 6.10 Å². The summed E-state index contributed by atoms with van der Waals surface area (Å²) in [5.41, 5.74) is 3.09. The van der Waals surface area contributed by atoms with Crippen molar-refractivity contribution >= 4 is 23.2 Å². The third-order valence-electron chi connectivity index (χ3n) is 4.70. The number of amides is 2. The molecular formula is C25H26N2O3. The summed E-state index contributed by atoms with van der Waals surface area (Å²) in [6.45, 7) is 6.18. The number of ether oxygens (including phenoxy) is 1. The molecule has 0 aliphatic heterocycles. The van der Waals surface area contributed by atoms with Gasteiger partial charge in [0.05, 0.1) is 0 Å². The Kier molecular flexibility index (Phi) is 6.86. The minimum atomic E-state index is -0.651. The number of nitrogens with one attached hydrogen (secondary N) is 1. The van der Waals surface area contributed by atoms with Crippen molar-refractivity contribution in [1.29, 1.82) is 0 Å². The summed E-state index contributed by atoms with van der Waals surface area (Å²) >= 11 is 0. The molecule has 5 heteroatoms. The van der Waals surface area contributed by atoms with Crippen LogP contribution in [0.4, 0.5) is 11.4 Å². The van der Waals surface area contributed by atoms with Gasteiger partial charge in [0.1, 0.15) is 5.75 Å². The van der Waals surface area contributed by atoms with Gasteiger partial charge in [-0.15, -0.1) is 0 Å². The van der Waals surface area contributed by atoms with E-state index in [4.69, 9.17) is 4.74 Å². The average Bonchev–Trinajstić information content (AvgIpc) is 2.75. The summed E-state index contributed by atoms with van der Waals surface area (Å²) in [5.74, 6) is 0.312. The van der Waals surface area contributed by atoms with Crippen LogP contribution in [0.5, 0.6) is 5.75 Å². The van der Waals surface area contributed by atoms with Gasteiger partial charge in [-0.25, -0.2) is 0 Å². The van der Waals surface area contributed by atoms with Crippen molar-refractivity contribution in [2.75, 3.05) is 16.8 Å². The van der Waals surface area contributed by atoms with Crippen molar-refractivity contribution in [1.82, 2.24) is 0 Å². The number of carbonyl (C=O) groups is 2. The fourth-order valence-electron chi connectivity index (χ4n) is 3.09. The van der Waals surface area contributed by atoms with E-state index in [9.17, 15) is 9.59 Å². The van der Waals surface area contributed by atoms with E-state index >= 15 is 0 Å². The first-order valence-electron chi connectivity index (χ1n) is 9.99. The normalized spacial score (nSPS) is 11.4. The molecule has 0 saturated carbocycles. The van der Waals surface area contributed by atoms with E-state index < -0.39 is 6.10 Å². The Balaban J connectivity index is 1.63. The summed E-state index contributed by atoms with van der Waals surface area (Å²) in [5, 5.41) is 2.83. The highest BCUT2D eigenvalue weighted by Crippen LogP contribution is 2.19. The van der Waals surface area contributed by atoms with E-state index in [2.05, 4.69) is 5.32 Å². The molecule has 154 valence electrons. The van der Waals surface area contributed by atoms with Gasteiger partial charge in [0.2, 0.25) is 0 Å². The predicted molar refractivity (Wildman–Crippen MR) is 120 cm³/mol. The van der Waals surface area contributed by atoms with Crippen molar-refractivity contribution in [3.63, 3.8) is 0 Å². The van der Waals surface area contributed by atoms with Crippen LogP contribution < -0.4 is 15.0 Å². The van der Waals surface area contributed by atoms with Crippen LogP contribution in [-0.2, 0) is 4.79 Å². The highest BCUT2D eigenvalue weighted by Gasteiger charge is 2.17. The fourth-order valence-corrected chi connectivity index (χ4v) is 3.09. The van der Waals surface area contributed by atoms with E-state index in [1.807, 2.05) is 68.4 Å². The van der Waals surface area contributed by atoms with E-state index in [1.54, 1.807) is 36.1 Å². The van der Waals surface area contributed by atoms with Crippen LogP contribution in [0, 0.1) is 6.92 Å². The van der Waals surface area contributed by atoms with Gasteiger partial charge in [-0.1, -0.05) is 30.3 Å². The van der Waals surface area contributed by atoms with Crippen LogP contribution in [0.2, 0.25) is 0 Å². The molecule has 0 aromatic heterocycles. The zero-order chi connectivity index (χ0) is 21.5. The minimum Gasteiger partial charge on any atom is -0.481 e. The zero-order valence-electron chi connectivity index (χ0n) is 17.5. The summed E-state index contributed by atoms with van der Waals surface area (Å²) in [6.07, 6.45) is -0.651. The molecule has 30 heavy (non-hydrogen) atoms. The molecule has 5 nitrogen and oxygen atoms in total. The maximum Gasteiger partial charge on any atom is 0.265 e. The monoisotopic (exact) mass is 402 g/mol. The van der Waals surface area contributed by atoms with Crippen LogP contribution in [0.25, 0.3) is 0 Å². The average molecular weight is 402 g/mol. The molecule has 0 heterocycles. The molecule has 0 bridgehead atoms. The van der Waals surface area contributed by atoms with E-state index in [0.29, 0.717) is 23.5 Å². The van der Waals surface area contributed by atoms with Gasteiger partial charge in [0.25, 0.3) is 11.8 Å². The zero-order valence-corrected chi connectivity index (χ0v) is 17.5. The fraction of sp³-hybridized carbons (Fsp3) is 0.200. The van der Waals surface area contributed by atoms with Crippen LogP contribution >= 0.6 is 0 Å². The summed E-state index contributed by atoms with van der Waals surface area (Å²) in [4.78, 5) is 27.0. The minimum absolute atomic E-state index is 0.0854. The number of anilines is 2. The maximum absolute atomic E-state index is 12.9. The lowest BCUT2D eigenvalue weighted by Crippen LogP contribution is -2.31. The predicted octanol–water partition coefficient (Wildman–Crippen LogP) is 5.07. The summed E-state index contributed by atoms with van der Waals surface area (Å²) < 4.78 is 5.71. The number of hydrogen-bond acceptors (Lipinski definition) is 3. The van der Waals surface area contributed by atoms with Gasteiger partial charge in [-0.3, -0.25) is 9.59 Å². The van der Waals surface area contributed by atoms with Crippen LogP contribution in [0.3, 0.4) is 0 Å².